The van der Waals surface area contributed by atoms with Gasteiger partial charge in [0.05, 0.1) is 18.7 Å². The van der Waals surface area contributed by atoms with Gasteiger partial charge in [0, 0.05) is 16.8 Å². The summed E-state index contributed by atoms with van der Waals surface area (Å²) in [6.45, 7) is 17.1. The summed E-state index contributed by atoms with van der Waals surface area (Å²) in [5, 5.41) is 4.30. The molecular formula is C54H73I2O4P. The van der Waals surface area contributed by atoms with Crippen molar-refractivity contribution in [2.75, 3.05) is 17.7 Å². The van der Waals surface area contributed by atoms with Crippen LogP contribution in [0.5, 0.6) is 0 Å². The molecule has 332 valence electrons. The molecule has 3 aromatic rings. The molecule has 0 aromatic heterocycles. The fraction of sp³-hybridized carbons (Fsp3) is 0.630. The van der Waals surface area contributed by atoms with E-state index >= 15 is 0 Å². The molecule has 0 amide bonds. The Balaban J connectivity index is 0.00000561. The van der Waals surface area contributed by atoms with Gasteiger partial charge in [-0.2, -0.15) is 0 Å². The van der Waals surface area contributed by atoms with Crippen molar-refractivity contribution in [2.24, 2.45) is 68.5 Å². The summed E-state index contributed by atoms with van der Waals surface area (Å²) in [5.41, 5.74) is -0.00527. The SMILES string of the molecule is COC(=O)[C@]12CC[C@@H](C(C)CI)[C@@H]1[C@H]1CC[C@@H]3[C@@]4(C)C[C@H](CCC[P+](c5ccccc5)(c5ccccc5)c5ccccc5)[C@H](OC(C)=O)C(C)(C)[C@@H]4CC[C@@]3(C)[C@]1(C)CC2.[I-]. The maximum absolute atomic E-state index is 14.0. The first-order chi connectivity index (χ1) is 28.6. The smallest absolute Gasteiger partial charge is 0.312 e. The minimum atomic E-state index is -1.99. The Morgan fingerprint density at radius 3 is 1.85 bits per heavy atom. The summed E-state index contributed by atoms with van der Waals surface area (Å²) in [6, 6.07) is 33.9. The van der Waals surface area contributed by atoms with Crippen molar-refractivity contribution in [3.8, 4) is 0 Å². The third-order valence-electron chi connectivity index (χ3n) is 19.0. The highest BCUT2D eigenvalue weighted by Gasteiger charge is 2.73. The van der Waals surface area contributed by atoms with E-state index in [9.17, 15) is 9.59 Å². The Hall–Kier alpha value is -1.51. The molecule has 0 bridgehead atoms. The van der Waals surface area contributed by atoms with Crippen molar-refractivity contribution in [1.29, 1.82) is 0 Å². The number of alkyl halides is 1. The van der Waals surface area contributed by atoms with Gasteiger partial charge in [-0.3, -0.25) is 9.59 Å². The van der Waals surface area contributed by atoms with Crippen LogP contribution in [0, 0.1) is 68.5 Å². The summed E-state index contributed by atoms with van der Waals surface area (Å²) in [7, 11) is -0.353. The predicted octanol–water partition coefficient (Wildman–Crippen LogP) is 9.25. The number of halogens is 2. The Morgan fingerprint density at radius 2 is 1.33 bits per heavy atom. The van der Waals surface area contributed by atoms with Crippen molar-refractivity contribution < 1.29 is 43.0 Å². The summed E-state index contributed by atoms with van der Waals surface area (Å²) in [5.74, 6) is 3.41. The monoisotopic (exact) mass is 1070 g/mol. The highest BCUT2D eigenvalue weighted by Crippen LogP contribution is 2.78. The molecule has 7 heteroatoms. The van der Waals surface area contributed by atoms with E-state index in [0.29, 0.717) is 35.5 Å². The average Bonchev–Trinajstić information content (AvgIpc) is 3.65. The number of hydrogen-bond donors (Lipinski definition) is 0. The van der Waals surface area contributed by atoms with Crippen LogP contribution in [0.3, 0.4) is 0 Å². The fourth-order valence-electron chi connectivity index (χ4n) is 16.5. The van der Waals surface area contributed by atoms with Gasteiger partial charge in [0.25, 0.3) is 0 Å². The number of hydrogen-bond acceptors (Lipinski definition) is 4. The van der Waals surface area contributed by atoms with Crippen molar-refractivity contribution in [1.82, 2.24) is 0 Å². The first kappa shape index (κ1) is 47.5. The number of fused-ring (bicyclic) bond motifs is 7. The molecule has 3 aromatic carbocycles. The number of carbonyl (C=O) groups is 2. The number of ether oxygens (including phenoxy) is 2. The highest BCUT2D eigenvalue weighted by molar-refractivity contribution is 14.1. The molecule has 1 unspecified atom stereocenters. The maximum Gasteiger partial charge on any atom is 0.312 e. The van der Waals surface area contributed by atoms with Crippen LogP contribution in [0.15, 0.2) is 91.0 Å². The topological polar surface area (TPSA) is 52.6 Å². The highest BCUT2D eigenvalue weighted by atomic mass is 127. The van der Waals surface area contributed by atoms with E-state index < -0.39 is 7.26 Å². The molecule has 5 fully saturated rings. The third-order valence-corrected chi connectivity index (χ3v) is 24.9. The van der Waals surface area contributed by atoms with E-state index in [1.165, 1.54) is 41.6 Å². The molecular weight excluding hydrogens is 997 g/mol. The molecule has 12 atom stereocenters. The van der Waals surface area contributed by atoms with Crippen LogP contribution in [-0.2, 0) is 19.1 Å². The van der Waals surface area contributed by atoms with Gasteiger partial charge in [-0.05, 0) is 165 Å². The van der Waals surface area contributed by atoms with Gasteiger partial charge >= 0.3 is 11.9 Å². The fourth-order valence-corrected chi connectivity index (χ4v) is 21.5. The van der Waals surface area contributed by atoms with Crippen LogP contribution in [0.25, 0.3) is 0 Å². The lowest BCUT2D eigenvalue weighted by molar-refractivity contribution is -0.261. The molecule has 61 heavy (non-hydrogen) atoms. The predicted molar refractivity (Wildman–Crippen MR) is 258 cm³/mol. The van der Waals surface area contributed by atoms with Crippen LogP contribution in [0.2, 0.25) is 0 Å². The average molecular weight is 1070 g/mol. The second kappa shape index (κ2) is 18.0. The number of carbonyl (C=O) groups excluding carboxylic acids is 2. The molecule has 0 heterocycles. The zero-order valence-electron chi connectivity index (χ0n) is 38.3. The van der Waals surface area contributed by atoms with Crippen LogP contribution in [0.1, 0.15) is 119 Å². The Labute approximate surface area is 400 Å². The number of benzene rings is 3. The normalized spacial score (nSPS) is 36.8. The lowest BCUT2D eigenvalue weighted by Gasteiger charge is -2.73. The second-order valence-corrected chi connectivity index (χ2v) is 26.2. The van der Waals surface area contributed by atoms with Crippen molar-refractivity contribution in [3.05, 3.63) is 91.0 Å². The summed E-state index contributed by atoms with van der Waals surface area (Å²) >= 11 is 2.59. The van der Waals surface area contributed by atoms with Gasteiger partial charge in [-0.25, -0.2) is 0 Å². The molecule has 5 aliphatic rings. The molecule has 0 aliphatic heterocycles. The maximum atomic E-state index is 14.0. The summed E-state index contributed by atoms with van der Waals surface area (Å²) in [4.78, 5) is 27.0. The summed E-state index contributed by atoms with van der Waals surface area (Å²) in [6.07, 6.45) is 13.3. The molecule has 0 spiro atoms. The number of methoxy groups -OCH3 is 1. The van der Waals surface area contributed by atoms with Crippen LogP contribution < -0.4 is 39.9 Å². The van der Waals surface area contributed by atoms with Crippen LogP contribution in [-0.4, -0.2) is 35.7 Å². The molecule has 8 rings (SSSR count). The minimum absolute atomic E-state index is 0. The standard InChI is InChI=1S/C54H73IO4P.HI/c1-37(36-55)43-28-31-54(49(57)58-8)33-32-52(6)44(47(43)54)26-27-46-51(5)35-39(48(59-38(2)56)50(3,4)45(51)29-30-53(46,52)7)19-18-34-60(40-20-12-9-13-21-40,41-22-14-10-15-23-41)42-24-16-11-17-25-42;/h9-17,20-25,37,39,43-48H,18-19,26-36H2,1-8H3;1H/q+1;/p-1/t37?,39-,43-,44+,45-,46+,47+,48-,51-,52+,53+,54-;/m0./s1. The van der Waals surface area contributed by atoms with Gasteiger partial charge in [0.2, 0.25) is 0 Å². The van der Waals surface area contributed by atoms with Crippen LogP contribution >= 0.6 is 29.9 Å². The molecule has 0 N–H and O–H groups in total. The van der Waals surface area contributed by atoms with Crippen molar-refractivity contribution >= 4 is 57.7 Å². The molecule has 0 radical (unpaired) electrons. The van der Waals surface area contributed by atoms with E-state index in [0.717, 1.165) is 55.5 Å². The molecule has 4 nitrogen and oxygen atoms in total. The van der Waals surface area contributed by atoms with Gasteiger partial charge in [-0.1, -0.05) is 119 Å². The first-order valence-corrected chi connectivity index (χ1v) is 27.0. The van der Waals surface area contributed by atoms with Gasteiger partial charge in [0.15, 0.2) is 0 Å². The first-order valence-electron chi connectivity index (χ1n) is 23.5. The number of esters is 2. The lowest BCUT2D eigenvalue weighted by atomic mass is 9.31. The Bertz CT molecular complexity index is 1900. The number of rotatable bonds is 11. The van der Waals surface area contributed by atoms with Gasteiger partial charge < -0.3 is 33.5 Å². The molecule has 5 aliphatic carbocycles. The van der Waals surface area contributed by atoms with E-state index in [1.54, 1.807) is 14.0 Å². The van der Waals surface area contributed by atoms with E-state index in [1.807, 2.05) is 0 Å². The van der Waals surface area contributed by atoms with Crippen molar-refractivity contribution in [3.63, 3.8) is 0 Å². The lowest BCUT2D eigenvalue weighted by Crippen LogP contribution is -3.00. The Morgan fingerprint density at radius 1 is 0.754 bits per heavy atom. The Kier molecular flexibility index (Phi) is 14.0. The quantitative estimate of drug-likeness (QED) is 0.0833. The van der Waals surface area contributed by atoms with E-state index in [4.69, 9.17) is 9.47 Å². The largest absolute Gasteiger partial charge is 1.00 e. The zero-order chi connectivity index (χ0) is 42.7. The zero-order valence-corrected chi connectivity index (χ0v) is 43.5. The molecule has 0 saturated heterocycles. The van der Waals surface area contributed by atoms with Crippen LogP contribution in [0.4, 0.5) is 0 Å². The van der Waals surface area contributed by atoms with Gasteiger partial charge in [0.1, 0.15) is 29.3 Å². The van der Waals surface area contributed by atoms with Gasteiger partial charge in [-0.15, -0.1) is 0 Å². The summed E-state index contributed by atoms with van der Waals surface area (Å²) < 4.78 is 13.4. The minimum Gasteiger partial charge on any atom is -1.00 e. The van der Waals surface area contributed by atoms with E-state index in [2.05, 4.69) is 155 Å². The van der Waals surface area contributed by atoms with E-state index in [-0.39, 0.29) is 75.0 Å². The second-order valence-electron chi connectivity index (χ2n) is 21.7. The van der Waals surface area contributed by atoms with Crippen molar-refractivity contribution in [2.45, 2.75) is 125 Å². The molecule has 5 saturated carbocycles. The third kappa shape index (κ3) is 7.53.